The average molecular weight is 407 g/mol. The number of nitrogens with one attached hydrogen (secondary N) is 1. The molecule has 27 heavy (non-hydrogen) atoms. The fourth-order valence-corrected chi connectivity index (χ4v) is 4.08. The Bertz CT molecular complexity index is 678. The number of ether oxygens (including phenoxy) is 1. The summed E-state index contributed by atoms with van der Waals surface area (Å²) in [5.74, 6) is -0.0353. The molecule has 1 saturated carbocycles. The van der Waals surface area contributed by atoms with E-state index in [9.17, 15) is 17.6 Å². The third-order valence-corrected chi connectivity index (χ3v) is 5.52. The fourth-order valence-electron chi connectivity index (χ4n) is 3.86. The minimum atomic E-state index is -2.94. The Balaban J connectivity index is 1.70. The number of hydrogen-bond donors (Lipinski definition) is 1. The molecule has 1 heterocycles. The summed E-state index contributed by atoms with van der Waals surface area (Å²) in [6.07, 6.45) is 4.83. The summed E-state index contributed by atoms with van der Waals surface area (Å²) in [5.41, 5.74) is 1.68. The van der Waals surface area contributed by atoms with Crippen LogP contribution in [-0.4, -0.2) is 37.7 Å². The van der Waals surface area contributed by atoms with Crippen molar-refractivity contribution in [3.63, 3.8) is 0 Å². The Hall–Kier alpha value is -1.47. The topological polar surface area (TPSA) is 24.5 Å². The molecule has 150 valence electrons. The zero-order chi connectivity index (χ0) is 19.6. The molecule has 0 amide bonds. The number of benzene rings is 1. The summed E-state index contributed by atoms with van der Waals surface area (Å²) in [7, 11) is 0. The molecule has 0 bridgehead atoms. The van der Waals surface area contributed by atoms with Gasteiger partial charge in [-0.2, -0.15) is 8.78 Å². The highest BCUT2D eigenvalue weighted by atomic mass is 35.5. The second kappa shape index (κ2) is 8.69. The number of halogens is 5. The van der Waals surface area contributed by atoms with Gasteiger partial charge < -0.3 is 15.0 Å². The lowest BCUT2D eigenvalue weighted by atomic mass is 9.88. The lowest BCUT2D eigenvalue weighted by Gasteiger charge is -2.40. The second-order valence-corrected chi connectivity index (χ2v) is 7.48. The molecule has 1 N–H and O–H groups in total. The van der Waals surface area contributed by atoms with Crippen LogP contribution in [0, 0.1) is 0 Å². The molecule has 0 spiro atoms. The van der Waals surface area contributed by atoms with Crippen molar-refractivity contribution < 1.29 is 22.3 Å². The molecular formula is C19H23ClF4N2O. The lowest BCUT2D eigenvalue weighted by Crippen LogP contribution is -2.46. The van der Waals surface area contributed by atoms with Crippen LogP contribution in [0.4, 0.5) is 23.2 Å². The van der Waals surface area contributed by atoms with Gasteiger partial charge in [0.15, 0.2) is 0 Å². The summed E-state index contributed by atoms with van der Waals surface area (Å²) >= 11 is 6.05. The number of hydrogen-bond acceptors (Lipinski definition) is 3. The smallest absolute Gasteiger partial charge is 0.387 e. The van der Waals surface area contributed by atoms with E-state index in [1.807, 2.05) is 12.2 Å². The molecule has 1 unspecified atom stereocenters. The van der Waals surface area contributed by atoms with Crippen LogP contribution in [0.2, 0.25) is 5.02 Å². The summed E-state index contributed by atoms with van der Waals surface area (Å²) in [4.78, 5) is 2.16. The SMILES string of the molecule is CC(NC1CCC(N2CC=Cc3cc(Cl)c(OC(F)F)cc32)CC1)C(F)F. The third kappa shape index (κ3) is 4.88. The molecule has 1 aliphatic heterocycles. The van der Waals surface area contributed by atoms with E-state index in [2.05, 4.69) is 15.0 Å². The van der Waals surface area contributed by atoms with E-state index in [-0.39, 0.29) is 22.9 Å². The van der Waals surface area contributed by atoms with Crippen molar-refractivity contribution in [3.8, 4) is 5.75 Å². The van der Waals surface area contributed by atoms with E-state index in [1.54, 1.807) is 12.1 Å². The van der Waals surface area contributed by atoms with Crippen molar-refractivity contribution in [2.75, 3.05) is 11.4 Å². The van der Waals surface area contributed by atoms with Crippen molar-refractivity contribution in [1.82, 2.24) is 5.32 Å². The van der Waals surface area contributed by atoms with Crippen molar-refractivity contribution in [3.05, 3.63) is 28.8 Å². The van der Waals surface area contributed by atoms with Gasteiger partial charge in [-0.3, -0.25) is 0 Å². The largest absolute Gasteiger partial charge is 0.433 e. The van der Waals surface area contributed by atoms with Gasteiger partial charge in [0.2, 0.25) is 0 Å². The van der Waals surface area contributed by atoms with E-state index in [1.165, 1.54) is 6.92 Å². The Morgan fingerprint density at radius 2 is 1.85 bits per heavy atom. The minimum Gasteiger partial charge on any atom is -0.433 e. The van der Waals surface area contributed by atoms with E-state index in [0.29, 0.717) is 6.54 Å². The average Bonchev–Trinajstić information content (AvgIpc) is 2.62. The molecule has 3 nitrogen and oxygen atoms in total. The molecule has 0 radical (unpaired) electrons. The van der Waals surface area contributed by atoms with E-state index < -0.39 is 19.1 Å². The van der Waals surface area contributed by atoms with Crippen LogP contribution >= 0.6 is 11.6 Å². The first-order valence-electron chi connectivity index (χ1n) is 9.11. The van der Waals surface area contributed by atoms with Gasteiger partial charge in [0.05, 0.1) is 11.1 Å². The highest BCUT2D eigenvalue weighted by molar-refractivity contribution is 6.32. The molecule has 1 aromatic carbocycles. The van der Waals surface area contributed by atoms with Crippen LogP contribution in [0.3, 0.4) is 0 Å². The molecule has 1 atom stereocenters. The van der Waals surface area contributed by atoms with Gasteiger partial charge in [-0.1, -0.05) is 23.8 Å². The molecular weight excluding hydrogens is 384 g/mol. The number of nitrogens with zero attached hydrogens (tertiary/aromatic N) is 1. The van der Waals surface area contributed by atoms with Gasteiger partial charge in [0.25, 0.3) is 6.43 Å². The molecule has 1 aliphatic carbocycles. The summed E-state index contributed by atoms with van der Waals surface area (Å²) in [5, 5.41) is 3.14. The zero-order valence-electron chi connectivity index (χ0n) is 15.0. The molecule has 3 rings (SSSR count). The number of anilines is 1. The first-order valence-corrected chi connectivity index (χ1v) is 9.48. The first kappa shape index (κ1) is 20.3. The number of fused-ring (bicyclic) bond motifs is 1. The van der Waals surface area contributed by atoms with Crippen molar-refractivity contribution in [1.29, 1.82) is 0 Å². The highest BCUT2D eigenvalue weighted by Crippen LogP contribution is 2.39. The molecule has 0 saturated heterocycles. The second-order valence-electron chi connectivity index (χ2n) is 7.07. The molecule has 1 aromatic rings. The highest BCUT2D eigenvalue weighted by Gasteiger charge is 2.30. The van der Waals surface area contributed by atoms with Gasteiger partial charge in [0, 0.05) is 30.4 Å². The number of rotatable bonds is 6. The fraction of sp³-hybridized carbons (Fsp3) is 0.579. The minimum absolute atomic E-state index is 0.0353. The Morgan fingerprint density at radius 3 is 2.48 bits per heavy atom. The molecule has 0 aromatic heterocycles. The standard InChI is InChI=1S/C19H23ClF4N2O/c1-11(18(21)22)25-13-4-6-14(7-5-13)26-8-2-3-12-9-15(20)17(10-16(12)26)27-19(23)24/h2-3,9-11,13-14,18-19,25H,4-8H2,1H3. The van der Waals surface area contributed by atoms with E-state index in [0.717, 1.165) is 36.9 Å². The maximum Gasteiger partial charge on any atom is 0.387 e. The van der Waals surface area contributed by atoms with Crippen molar-refractivity contribution >= 4 is 23.4 Å². The van der Waals surface area contributed by atoms with Gasteiger partial charge in [0.1, 0.15) is 5.75 Å². The molecule has 8 heteroatoms. The van der Waals surface area contributed by atoms with E-state index in [4.69, 9.17) is 11.6 Å². The van der Waals surface area contributed by atoms with Gasteiger partial charge in [-0.15, -0.1) is 0 Å². The maximum atomic E-state index is 12.7. The quantitative estimate of drug-likeness (QED) is 0.646. The van der Waals surface area contributed by atoms with E-state index >= 15 is 0 Å². The maximum absolute atomic E-state index is 12.7. The third-order valence-electron chi connectivity index (χ3n) is 5.22. The first-order chi connectivity index (χ1) is 12.8. The van der Waals surface area contributed by atoms with Gasteiger partial charge >= 0.3 is 6.61 Å². The van der Waals surface area contributed by atoms with Gasteiger partial charge in [-0.25, -0.2) is 8.78 Å². The van der Waals surface area contributed by atoms with Crippen LogP contribution in [0.25, 0.3) is 6.08 Å². The Labute approximate surface area is 161 Å². The number of alkyl halides is 4. The van der Waals surface area contributed by atoms with Crippen LogP contribution in [0.1, 0.15) is 38.2 Å². The van der Waals surface area contributed by atoms with Gasteiger partial charge in [-0.05, 0) is 44.2 Å². The lowest BCUT2D eigenvalue weighted by molar-refractivity contribution is -0.0497. The molecule has 1 fully saturated rings. The normalized spacial score (nSPS) is 23.6. The van der Waals surface area contributed by atoms with Crippen LogP contribution < -0.4 is 15.0 Å². The summed E-state index contributed by atoms with van der Waals surface area (Å²) in [6.45, 7) is -0.776. The predicted octanol–water partition coefficient (Wildman–Crippen LogP) is 5.33. The summed E-state index contributed by atoms with van der Waals surface area (Å²) < 4.78 is 55.2. The predicted molar refractivity (Wildman–Crippen MR) is 99.1 cm³/mol. The monoisotopic (exact) mass is 406 g/mol. The Morgan fingerprint density at radius 1 is 1.15 bits per heavy atom. The van der Waals surface area contributed by atoms with Crippen molar-refractivity contribution in [2.45, 2.75) is 63.8 Å². The Kier molecular flexibility index (Phi) is 6.52. The summed E-state index contributed by atoms with van der Waals surface area (Å²) in [6, 6.07) is 2.68. The van der Waals surface area contributed by atoms with Crippen molar-refractivity contribution in [2.24, 2.45) is 0 Å². The van der Waals surface area contributed by atoms with Crippen LogP contribution in [0.5, 0.6) is 5.75 Å². The van der Waals surface area contributed by atoms with Crippen LogP contribution in [0.15, 0.2) is 18.2 Å². The van der Waals surface area contributed by atoms with Crippen LogP contribution in [-0.2, 0) is 0 Å². The molecule has 2 aliphatic rings. The zero-order valence-corrected chi connectivity index (χ0v) is 15.7.